The average Bonchev–Trinajstić information content (AvgIpc) is 3.26. The molecule has 0 atom stereocenters. The van der Waals surface area contributed by atoms with Crippen molar-refractivity contribution in [1.82, 2.24) is 15.0 Å². The zero-order chi connectivity index (χ0) is 28.5. The molecule has 1 heterocycles. The summed E-state index contributed by atoms with van der Waals surface area (Å²) in [6.07, 6.45) is 2.77. The molecule has 0 amide bonds. The number of nitriles is 1. The third-order valence-electron chi connectivity index (χ3n) is 8.17. The second kappa shape index (κ2) is 10.7. The van der Waals surface area contributed by atoms with Gasteiger partial charge in [-0.1, -0.05) is 71.9 Å². The minimum Gasteiger partial charge on any atom is -0.543 e. The molecule has 0 spiro atoms. The Kier molecular flexibility index (Phi) is 8.35. The van der Waals surface area contributed by atoms with Gasteiger partial charge in [0.05, 0.1) is 24.4 Å². The van der Waals surface area contributed by atoms with E-state index in [-0.39, 0.29) is 10.1 Å². The molecule has 3 rings (SSSR count). The summed E-state index contributed by atoms with van der Waals surface area (Å²) in [5.74, 6) is 1.71. The summed E-state index contributed by atoms with van der Waals surface area (Å²) in [7, 11) is -4.22. The predicted octanol–water partition coefficient (Wildman–Crippen LogP) is 8.20. The fourth-order valence-corrected chi connectivity index (χ4v) is 5.63. The lowest BCUT2D eigenvalue weighted by Gasteiger charge is -2.39. The van der Waals surface area contributed by atoms with Crippen LogP contribution in [0.3, 0.4) is 0 Å². The Bertz CT molecular complexity index is 1330. The van der Waals surface area contributed by atoms with Crippen LogP contribution in [0.1, 0.15) is 65.2 Å². The van der Waals surface area contributed by atoms with E-state index < -0.39 is 16.6 Å². The maximum absolute atomic E-state index is 9.49. The van der Waals surface area contributed by atoms with E-state index in [4.69, 9.17) is 8.85 Å². The van der Waals surface area contributed by atoms with Crippen molar-refractivity contribution in [2.75, 3.05) is 0 Å². The smallest absolute Gasteiger partial charge is 0.250 e. The molecule has 0 fully saturated rings. The second-order valence-corrected chi connectivity index (χ2v) is 22.6. The molecule has 2 aromatic carbocycles. The van der Waals surface area contributed by atoms with E-state index in [0.717, 1.165) is 40.3 Å². The lowest BCUT2D eigenvalue weighted by molar-refractivity contribution is 0.472. The highest BCUT2D eigenvalue weighted by molar-refractivity contribution is 6.75. The molecule has 8 heteroatoms. The molecule has 3 aromatic rings. The number of aromatic nitrogens is 3. The SMILES string of the molecule is CCc1cc(-c2cn(Cc3ccccc3C#N)nn2)c(O[Si](C)(C)C(C)(C)C)cc1O[Si](C)(C)C(C)(C)C. The number of benzene rings is 2. The fraction of sp³-hybridized carbons (Fsp3) is 0.500. The molecule has 1 aromatic heterocycles. The standard InChI is InChI=1S/C30H44N4O2Si2/c1-12-22-17-25(26-21-34(33-32-26)20-24-16-14-13-15-23(24)19-31)28(36-38(10,11)30(5,6)7)18-27(22)35-37(8,9)29(2,3)4/h13-18,21H,12,20H2,1-11H3. The molecular weight excluding hydrogens is 505 g/mol. The van der Waals surface area contributed by atoms with E-state index in [9.17, 15) is 5.26 Å². The monoisotopic (exact) mass is 548 g/mol. The molecule has 204 valence electrons. The third-order valence-corrected chi connectivity index (χ3v) is 16.9. The molecule has 0 unspecified atom stereocenters. The first-order valence-electron chi connectivity index (χ1n) is 13.4. The van der Waals surface area contributed by atoms with Gasteiger partial charge in [-0.2, -0.15) is 5.26 Å². The molecule has 0 N–H and O–H groups in total. The van der Waals surface area contributed by atoms with Crippen LogP contribution in [0.5, 0.6) is 11.5 Å². The molecule has 0 aliphatic carbocycles. The fourth-order valence-electron chi connectivity index (χ4n) is 3.56. The quantitative estimate of drug-likeness (QED) is 0.265. The van der Waals surface area contributed by atoms with Gasteiger partial charge in [0.15, 0.2) is 0 Å². The summed E-state index contributed by atoms with van der Waals surface area (Å²) >= 11 is 0. The van der Waals surface area contributed by atoms with Crippen LogP contribution in [0.15, 0.2) is 42.6 Å². The van der Waals surface area contributed by atoms with Gasteiger partial charge in [0, 0.05) is 11.6 Å². The summed E-state index contributed by atoms with van der Waals surface area (Å²) in [4.78, 5) is 0. The van der Waals surface area contributed by atoms with Gasteiger partial charge in [0.1, 0.15) is 17.2 Å². The topological polar surface area (TPSA) is 73.0 Å². The van der Waals surface area contributed by atoms with E-state index in [0.29, 0.717) is 12.1 Å². The van der Waals surface area contributed by atoms with Crippen LogP contribution in [0, 0.1) is 11.3 Å². The zero-order valence-electron chi connectivity index (χ0n) is 25.1. The summed E-state index contributed by atoms with van der Waals surface area (Å²) in [6, 6.07) is 14.1. The lowest BCUT2D eigenvalue weighted by atomic mass is 10.0. The molecule has 0 bridgehead atoms. The van der Waals surface area contributed by atoms with Gasteiger partial charge >= 0.3 is 0 Å². The molecule has 6 nitrogen and oxygen atoms in total. The first-order valence-corrected chi connectivity index (χ1v) is 19.2. The number of hydrogen-bond donors (Lipinski definition) is 0. The average molecular weight is 549 g/mol. The number of rotatable bonds is 8. The highest BCUT2D eigenvalue weighted by Gasteiger charge is 2.41. The largest absolute Gasteiger partial charge is 0.543 e. The van der Waals surface area contributed by atoms with Gasteiger partial charge in [0.2, 0.25) is 8.32 Å². The van der Waals surface area contributed by atoms with Crippen LogP contribution in [-0.2, 0) is 13.0 Å². The Morgan fingerprint density at radius 1 is 0.868 bits per heavy atom. The molecule has 0 saturated heterocycles. The zero-order valence-corrected chi connectivity index (χ0v) is 27.1. The summed E-state index contributed by atoms with van der Waals surface area (Å²) in [6.45, 7) is 25.2. The van der Waals surface area contributed by atoms with Crippen molar-refractivity contribution >= 4 is 16.6 Å². The van der Waals surface area contributed by atoms with Crippen molar-refractivity contribution in [2.45, 2.75) is 97.7 Å². The van der Waals surface area contributed by atoms with E-state index >= 15 is 0 Å². The van der Waals surface area contributed by atoms with E-state index in [2.05, 4.69) is 103 Å². The Morgan fingerprint density at radius 3 is 2.00 bits per heavy atom. The highest BCUT2D eigenvalue weighted by Crippen LogP contribution is 2.44. The predicted molar refractivity (Wildman–Crippen MR) is 161 cm³/mol. The lowest BCUT2D eigenvalue weighted by Crippen LogP contribution is -2.44. The minimum atomic E-state index is -2.16. The molecular formula is C30H44N4O2Si2. The van der Waals surface area contributed by atoms with Crippen molar-refractivity contribution < 1.29 is 8.85 Å². The van der Waals surface area contributed by atoms with Crippen LogP contribution in [0.25, 0.3) is 11.3 Å². The normalized spacial score (nSPS) is 12.8. The maximum atomic E-state index is 9.49. The Morgan fingerprint density at radius 2 is 1.45 bits per heavy atom. The van der Waals surface area contributed by atoms with Crippen LogP contribution in [0.4, 0.5) is 0 Å². The number of hydrogen-bond acceptors (Lipinski definition) is 5. The Hall–Kier alpha value is -2.90. The van der Waals surface area contributed by atoms with Crippen LogP contribution >= 0.6 is 0 Å². The summed E-state index contributed by atoms with van der Waals surface area (Å²) < 4.78 is 15.5. The maximum Gasteiger partial charge on any atom is 0.250 e. The molecule has 38 heavy (non-hydrogen) atoms. The molecule has 0 aliphatic rings. The summed E-state index contributed by atoms with van der Waals surface area (Å²) in [5, 5.41) is 18.6. The molecule has 0 radical (unpaired) electrons. The van der Waals surface area contributed by atoms with Gasteiger partial charge < -0.3 is 8.85 Å². The van der Waals surface area contributed by atoms with E-state index in [1.54, 1.807) is 4.68 Å². The van der Waals surface area contributed by atoms with Crippen molar-refractivity contribution in [3.05, 3.63) is 59.3 Å². The van der Waals surface area contributed by atoms with Crippen molar-refractivity contribution in [3.8, 4) is 28.8 Å². The van der Waals surface area contributed by atoms with Crippen molar-refractivity contribution in [1.29, 1.82) is 5.26 Å². The Balaban J connectivity index is 2.12. The van der Waals surface area contributed by atoms with Crippen LogP contribution in [0.2, 0.25) is 36.3 Å². The van der Waals surface area contributed by atoms with E-state index in [1.807, 2.05) is 30.5 Å². The Labute approximate surface area is 231 Å². The number of aryl methyl sites for hydroxylation is 1. The van der Waals surface area contributed by atoms with Crippen LogP contribution < -0.4 is 8.85 Å². The molecule has 0 aliphatic heterocycles. The first kappa shape index (κ1) is 29.7. The third kappa shape index (κ3) is 6.38. The van der Waals surface area contributed by atoms with Gasteiger partial charge in [-0.25, -0.2) is 4.68 Å². The van der Waals surface area contributed by atoms with Crippen molar-refractivity contribution in [3.63, 3.8) is 0 Å². The van der Waals surface area contributed by atoms with Gasteiger partial charge in [-0.05, 0) is 65.9 Å². The highest BCUT2D eigenvalue weighted by atomic mass is 28.4. The van der Waals surface area contributed by atoms with Gasteiger partial charge in [-0.3, -0.25) is 0 Å². The number of nitrogens with zero attached hydrogens (tertiary/aromatic N) is 4. The first-order chi connectivity index (χ1) is 17.5. The van der Waals surface area contributed by atoms with E-state index in [1.165, 1.54) is 0 Å². The van der Waals surface area contributed by atoms with Gasteiger partial charge in [-0.15, -0.1) is 5.10 Å². The summed E-state index contributed by atoms with van der Waals surface area (Å²) in [5.41, 5.74) is 4.37. The van der Waals surface area contributed by atoms with Gasteiger partial charge in [0.25, 0.3) is 8.32 Å². The molecule has 0 saturated carbocycles. The minimum absolute atomic E-state index is 0.0345. The second-order valence-electron chi connectivity index (χ2n) is 13.1. The van der Waals surface area contributed by atoms with Crippen LogP contribution in [-0.4, -0.2) is 31.6 Å². The van der Waals surface area contributed by atoms with Crippen molar-refractivity contribution in [2.24, 2.45) is 0 Å².